The van der Waals surface area contributed by atoms with Crippen LogP contribution in [0.3, 0.4) is 0 Å². The Labute approximate surface area is 78.5 Å². The lowest BCUT2D eigenvalue weighted by Crippen LogP contribution is -2.37. The normalized spacial score (nSPS) is 29.2. The third-order valence-corrected chi connectivity index (χ3v) is 2.37. The summed E-state index contributed by atoms with van der Waals surface area (Å²) in [5.74, 6) is -0.231. The third kappa shape index (κ3) is 2.42. The standard InChI is InChI=1S/C9H17NO3/c1-3-4-10-6-7(11)5-8(10)9(12)13-2/h7-8,11H,3-6H2,1-2H3/t7-,8+/m1/s1. The van der Waals surface area contributed by atoms with Crippen LogP contribution in [0.25, 0.3) is 0 Å². The Bertz CT molecular complexity index is 184. The number of ether oxygens (including phenoxy) is 1. The summed E-state index contributed by atoms with van der Waals surface area (Å²) in [6.45, 7) is 3.49. The number of β-amino-alcohol motifs (C(OH)–C–C–N with tert-alkyl or cyclic N) is 1. The van der Waals surface area contributed by atoms with Crippen molar-refractivity contribution in [3.63, 3.8) is 0 Å². The first-order valence-corrected chi connectivity index (χ1v) is 4.69. The summed E-state index contributed by atoms with van der Waals surface area (Å²) in [6.07, 6.45) is 1.11. The van der Waals surface area contributed by atoms with E-state index in [1.54, 1.807) is 0 Å². The summed E-state index contributed by atoms with van der Waals surface area (Å²) >= 11 is 0. The van der Waals surface area contributed by atoms with Gasteiger partial charge in [0, 0.05) is 13.0 Å². The number of esters is 1. The van der Waals surface area contributed by atoms with E-state index in [1.165, 1.54) is 7.11 Å². The van der Waals surface area contributed by atoms with Crippen molar-refractivity contribution in [1.82, 2.24) is 4.90 Å². The molecule has 0 bridgehead atoms. The van der Waals surface area contributed by atoms with Crippen molar-refractivity contribution in [3.8, 4) is 0 Å². The van der Waals surface area contributed by atoms with Gasteiger partial charge in [0.15, 0.2) is 0 Å². The lowest BCUT2D eigenvalue weighted by Gasteiger charge is -2.20. The average Bonchev–Trinajstić information content (AvgIpc) is 2.46. The molecule has 1 rings (SSSR count). The molecule has 13 heavy (non-hydrogen) atoms. The Morgan fingerprint density at radius 2 is 2.38 bits per heavy atom. The largest absolute Gasteiger partial charge is 0.468 e. The third-order valence-electron chi connectivity index (χ3n) is 2.37. The van der Waals surface area contributed by atoms with Gasteiger partial charge in [0.25, 0.3) is 0 Å². The van der Waals surface area contributed by atoms with E-state index in [0.717, 1.165) is 13.0 Å². The first-order chi connectivity index (χ1) is 6.19. The van der Waals surface area contributed by atoms with Gasteiger partial charge in [-0.15, -0.1) is 0 Å². The van der Waals surface area contributed by atoms with Crippen molar-refractivity contribution in [2.75, 3.05) is 20.2 Å². The molecular formula is C9H17NO3. The number of carbonyl (C=O) groups is 1. The number of hydrogen-bond donors (Lipinski definition) is 1. The van der Waals surface area contributed by atoms with E-state index in [4.69, 9.17) is 0 Å². The van der Waals surface area contributed by atoms with Crippen LogP contribution in [-0.4, -0.2) is 48.3 Å². The first kappa shape index (κ1) is 10.5. The fourth-order valence-corrected chi connectivity index (χ4v) is 1.79. The van der Waals surface area contributed by atoms with Crippen molar-refractivity contribution in [1.29, 1.82) is 0 Å². The highest BCUT2D eigenvalue weighted by Crippen LogP contribution is 2.18. The van der Waals surface area contributed by atoms with Gasteiger partial charge < -0.3 is 9.84 Å². The predicted molar refractivity (Wildman–Crippen MR) is 48.3 cm³/mol. The number of rotatable bonds is 3. The zero-order valence-electron chi connectivity index (χ0n) is 8.19. The number of aliphatic hydroxyl groups excluding tert-OH is 1. The molecule has 4 heteroatoms. The highest BCUT2D eigenvalue weighted by molar-refractivity contribution is 5.76. The maximum Gasteiger partial charge on any atom is 0.323 e. The van der Waals surface area contributed by atoms with Crippen molar-refractivity contribution in [2.45, 2.75) is 31.9 Å². The number of nitrogens with zero attached hydrogens (tertiary/aromatic N) is 1. The van der Waals surface area contributed by atoms with Gasteiger partial charge in [-0.1, -0.05) is 6.92 Å². The molecule has 0 aromatic carbocycles. The molecule has 2 atom stereocenters. The van der Waals surface area contributed by atoms with Crippen molar-refractivity contribution in [2.24, 2.45) is 0 Å². The minimum atomic E-state index is -0.379. The summed E-state index contributed by atoms with van der Waals surface area (Å²) in [7, 11) is 1.39. The van der Waals surface area contributed by atoms with Crippen LogP contribution in [0, 0.1) is 0 Å². The minimum Gasteiger partial charge on any atom is -0.468 e. The molecule has 0 aliphatic carbocycles. The van der Waals surface area contributed by atoms with E-state index < -0.39 is 0 Å². The summed E-state index contributed by atoms with van der Waals surface area (Å²) in [5, 5.41) is 9.39. The molecule has 0 aromatic rings. The minimum absolute atomic E-state index is 0.231. The molecule has 0 radical (unpaired) electrons. The van der Waals surface area contributed by atoms with E-state index in [2.05, 4.69) is 11.7 Å². The maximum absolute atomic E-state index is 11.3. The highest BCUT2D eigenvalue weighted by atomic mass is 16.5. The van der Waals surface area contributed by atoms with Crippen LogP contribution in [-0.2, 0) is 9.53 Å². The molecule has 0 unspecified atom stereocenters. The van der Waals surface area contributed by atoms with Crippen LogP contribution in [0.15, 0.2) is 0 Å². The highest BCUT2D eigenvalue weighted by Gasteiger charge is 2.35. The van der Waals surface area contributed by atoms with Crippen LogP contribution < -0.4 is 0 Å². The van der Waals surface area contributed by atoms with E-state index in [1.807, 2.05) is 4.90 Å². The Balaban J connectivity index is 2.55. The molecule has 1 aliphatic heterocycles. The van der Waals surface area contributed by atoms with E-state index >= 15 is 0 Å². The molecule has 0 amide bonds. The van der Waals surface area contributed by atoms with Gasteiger partial charge in [-0.25, -0.2) is 0 Å². The maximum atomic E-state index is 11.3. The predicted octanol–water partition coefficient (Wildman–Crippen LogP) is 0.00460. The quantitative estimate of drug-likeness (QED) is 0.632. The Kier molecular flexibility index (Phi) is 3.69. The lowest BCUT2D eigenvalue weighted by molar-refractivity contribution is -0.145. The molecule has 1 aliphatic rings. The van der Waals surface area contributed by atoms with Gasteiger partial charge in [0.2, 0.25) is 0 Å². The van der Waals surface area contributed by atoms with Crippen molar-refractivity contribution >= 4 is 5.97 Å². The van der Waals surface area contributed by atoms with E-state index in [9.17, 15) is 9.90 Å². The Morgan fingerprint density at radius 3 is 2.92 bits per heavy atom. The van der Waals surface area contributed by atoms with E-state index in [0.29, 0.717) is 13.0 Å². The number of hydrogen-bond acceptors (Lipinski definition) is 4. The second kappa shape index (κ2) is 4.58. The Hall–Kier alpha value is -0.610. The van der Waals surface area contributed by atoms with Gasteiger partial charge in [-0.2, -0.15) is 0 Å². The molecule has 4 nitrogen and oxygen atoms in total. The fourth-order valence-electron chi connectivity index (χ4n) is 1.79. The van der Waals surface area contributed by atoms with Crippen LogP contribution in [0.4, 0.5) is 0 Å². The van der Waals surface area contributed by atoms with E-state index in [-0.39, 0.29) is 18.1 Å². The lowest BCUT2D eigenvalue weighted by atomic mass is 10.2. The van der Waals surface area contributed by atoms with Crippen molar-refractivity contribution in [3.05, 3.63) is 0 Å². The second-order valence-electron chi connectivity index (χ2n) is 3.42. The van der Waals surface area contributed by atoms with Crippen LogP contribution >= 0.6 is 0 Å². The topological polar surface area (TPSA) is 49.8 Å². The van der Waals surface area contributed by atoms with Crippen LogP contribution in [0.2, 0.25) is 0 Å². The molecule has 76 valence electrons. The van der Waals surface area contributed by atoms with Gasteiger partial charge >= 0.3 is 5.97 Å². The fraction of sp³-hybridized carbons (Fsp3) is 0.889. The smallest absolute Gasteiger partial charge is 0.323 e. The van der Waals surface area contributed by atoms with Crippen molar-refractivity contribution < 1.29 is 14.6 Å². The average molecular weight is 187 g/mol. The zero-order chi connectivity index (χ0) is 9.84. The van der Waals surface area contributed by atoms with Crippen LogP contribution in [0.1, 0.15) is 19.8 Å². The number of likely N-dealkylation sites (tertiary alicyclic amines) is 1. The SMILES string of the molecule is CCCN1C[C@H](O)C[C@H]1C(=O)OC. The molecule has 0 aromatic heterocycles. The summed E-state index contributed by atoms with van der Waals surface area (Å²) < 4.78 is 4.67. The number of carbonyl (C=O) groups excluding carboxylic acids is 1. The molecule has 0 spiro atoms. The number of aliphatic hydroxyl groups is 1. The van der Waals surface area contributed by atoms with Gasteiger partial charge in [-0.3, -0.25) is 9.69 Å². The van der Waals surface area contributed by atoms with Crippen LogP contribution in [0.5, 0.6) is 0 Å². The van der Waals surface area contributed by atoms with Gasteiger partial charge in [0.1, 0.15) is 6.04 Å². The second-order valence-corrected chi connectivity index (χ2v) is 3.42. The van der Waals surface area contributed by atoms with Gasteiger partial charge in [0.05, 0.1) is 13.2 Å². The Morgan fingerprint density at radius 1 is 1.69 bits per heavy atom. The molecule has 1 N–H and O–H groups in total. The molecule has 1 fully saturated rings. The summed E-state index contributed by atoms with van der Waals surface area (Å²) in [5.41, 5.74) is 0. The van der Waals surface area contributed by atoms with Gasteiger partial charge in [-0.05, 0) is 13.0 Å². The monoisotopic (exact) mass is 187 g/mol. The molecular weight excluding hydrogens is 170 g/mol. The molecule has 1 saturated heterocycles. The zero-order valence-corrected chi connectivity index (χ0v) is 8.19. The summed E-state index contributed by atoms with van der Waals surface area (Å²) in [6, 6.07) is -0.236. The summed E-state index contributed by atoms with van der Waals surface area (Å²) in [4.78, 5) is 13.3. The molecule has 1 heterocycles. The molecule has 0 saturated carbocycles. The number of methoxy groups -OCH3 is 1. The first-order valence-electron chi connectivity index (χ1n) is 4.69.